The lowest BCUT2D eigenvalue weighted by Crippen LogP contribution is -2.07. The highest BCUT2D eigenvalue weighted by Crippen LogP contribution is 1.86. The van der Waals surface area contributed by atoms with E-state index in [2.05, 4.69) is 25.9 Å². The van der Waals surface area contributed by atoms with Crippen LogP contribution >= 0.6 is 0 Å². The molecule has 0 aliphatic heterocycles. The van der Waals surface area contributed by atoms with E-state index in [9.17, 15) is 19.2 Å². The second kappa shape index (κ2) is 36.4. The van der Waals surface area contributed by atoms with Crippen LogP contribution in [0.3, 0.4) is 0 Å². The Morgan fingerprint density at radius 3 is 1.28 bits per heavy atom. The molecule has 0 spiro atoms. The van der Waals surface area contributed by atoms with Crippen molar-refractivity contribution in [1.82, 2.24) is 0 Å². The van der Waals surface area contributed by atoms with Gasteiger partial charge in [0.05, 0.1) is 32.5 Å². The molecule has 0 aromatic rings. The average molecular weight is 469 g/mol. The SMILES string of the molecule is CCC(C)=O.CCCCOC(C)=O.CCCOC(C)=O.CCOC(C)=O.COCC(C)O. The Kier molecular flexibility index (Phi) is 45.9. The van der Waals surface area contributed by atoms with Gasteiger partial charge in [0.2, 0.25) is 0 Å². The molecule has 0 aliphatic carbocycles. The summed E-state index contributed by atoms with van der Waals surface area (Å²) in [6.07, 6.45) is 3.29. The Labute approximate surface area is 195 Å². The van der Waals surface area contributed by atoms with Gasteiger partial charge >= 0.3 is 17.9 Å². The van der Waals surface area contributed by atoms with E-state index in [-0.39, 0.29) is 29.8 Å². The van der Waals surface area contributed by atoms with E-state index in [0.717, 1.165) is 19.3 Å². The van der Waals surface area contributed by atoms with Crippen molar-refractivity contribution in [3.05, 3.63) is 0 Å². The van der Waals surface area contributed by atoms with Crippen molar-refractivity contribution < 1.29 is 43.2 Å². The van der Waals surface area contributed by atoms with Crippen LogP contribution in [0.4, 0.5) is 0 Å². The van der Waals surface area contributed by atoms with Crippen LogP contribution in [-0.2, 0) is 38.1 Å². The maximum absolute atomic E-state index is 10.1. The number of methoxy groups -OCH3 is 1. The average Bonchev–Trinajstić information content (AvgIpc) is 2.68. The smallest absolute Gasteiger partial charge is 0.302 e. The molecule has 0 heterocycles. The minimum atomic E-state index is -0.324. The van der Waals surface area contributed by atoms with Gasteiger partial charge in [-0.1, -0.05) is 27.2 Å². The number of unbranched alkanes of at least 4 members (excludes halogenated alkanes) is 1. The highest BCUT2D eigenvalue weighted by molar-refractivity contribution is 5.74. The number of rotatable bonds is 9. The third-order valence-corrected chi connectivity index (χ3v) is 2.57. The molecule has 0 fully saturated rings. The van der Waals surface area contributed by atoms with Gasteiger partial charge in [-0.25, -0.2) is 0 Å². The topological polar surface area (TPSA) is 125 Å². The molecule has 1 unspecified atom stereocenters. The van der Waals surface area contributed by atoms with E-state index in [4.69, 9.17) is 5.11 Å². The number of carbonyl (C=O) groups is 4. The second-order valence-corrected chi connectivity index (χ2v) is 6.32. The Hall–Kier alpha value is -2.00. The van der Waals surface area contributed by atoms with Gasteiger partial charge in [-0.15, -0.1) is 0 Å². The first kappa shape index (κ1) is 40.4. The van der Waals surface area contributed by atoms with Crippen LogP contribution in [-0.4, -0.2) is 68.4 Å². The number of esters is 3. The van der Waals surface area contributed by atoms with Crippen molar-refractivity contribution in [3.8, 4) is 0 Å². The zero-order valence-electron chi connectivity index (χ0n) is 21.9. The molecule has 9 nitrogen and oxygen atoms in total. The highest BCUT2D eigenvalue weighted by Gasteiger charge is 1.88. The summed E-state index contributed by atoms with van der Waals surface area (Å²) in [7, 11) is 1.56. The van der Waals surface area contributed by atoms with E-state index < -0.39 is 0 Å². The Balaban J connectivity index is -0.0000000958. The highest BCUT2D eigenvalue weighted by atomic mass is 16.5. The van der Waals surface area contributed by atoms with Crippen molar-refractivity contribution in [1.29, 1.82) is 0 Å². The molecule has 0 aliphatic rings. The van der Waals surface area contributed by atoms with Crippen LogP contribution < -0.4 is 0 Å². The van der Waals surface area contributed by atoms with Crippen LogP contribution in [0.2, 0.25) is 0 Å². The lowest BCUT2D eigenvalue weighted by Gasteiger charge is -1.97. The van der Waals surface area contributed by atoms with Crippen LogP contribution in [0.25, 0.3) is 0 Å². The van der Waals surface area contributed by atoms with Gasteiger partial charge in [0.15, 0.2) is 0 Å². The van der Waals surface area contributed by atoms with E-state index >= 15 is 0 Å². The molecule has 0 saturated carbocycles. The van der Waals surface area contributed by atoms with Gasteiger partial charge in [-0.3, -0.25) is 14.4 Å². The summed E-state index contributed by atoms with van der Waals surface area (Å²) in [4.78, 5) is 39.7. The molecule has 0 aromatic carbocycles. The second-order valence-electron chi connectivity index (χ2n) is 6.32. The fraction of sp³-hybridized carbons (Fsp3) is 0.826. The summed E-state index contributed by atoms with van der Waals surface area (Å²) in [6.45, 7) is 17.2. The fourth-order valence-corrected chi connectivity index (χ4v) is 1.05. The van der Waals surface area contributed by atoms with E-state index in [1.165, 1.54) is 20.8 Å². The van der Waals surface area contributed by atoms with Crippen molar-refractivity contribution in [2.75, 3.05) is 33.5 Å². The molecule has 0 aromatic heterocycles. The largest absolute Gasteiger partial charge is 0.466 e. The lowest BCUT2D eigenvalue weighted by molar-refractivity contribution is -0.141. The Morgan fingerprint density at radius 1 is 0.750 bits per heavy atom. The number of aliphatic hydroxyl groups is 1. The van der Waals surface area contributed by atoms with Gasteiger partial charge in [0.25, 0.3) is 0 Å². The quantitative estimate of drug-likeness (QED) is 0.305. The molecule has 1 N–H and O–H groups in total. The number of ether oxygens (including phenoxy) is 4. The molecular formula is C23H48O9. The number of hydrogen-bond donors (Lipinski definition) is 1. The van der Waals surface area contributed by atoms with Crippen LogP contribution in [0.15, 0.2) is 0 Å². The molecule has 0 saturated heterocycles. The predicted molar refractivity (Wildman–Crippen MR) is 125 cm³/mol. The van der Waals surface area contributed by atoms with Gasteiger partial charge in [-0.2, -0.15) is 0 Å². The zero-order chi connectivity index (χ0) is 26.4. The van der Waals surface area contributed by atoms with Gasteiger partial charge in [0, 0.05) is 34.3 Å². The number of Topliss-reactive ketones (excluding diaryl/α,β-unsaturated/α-hetero) is 1. The number of ketones is 1. The van der Waals surface area contributed by atoms with Crippen LogP contribution in [0.1, 0.15) is 88.0 Å². The Bertz CT molecular complexity index is 422. The lowest BCUT2D eigenvalue weighted by atomic mass is 10.4. The Morgan fingerprint density at radius 2 is 1.16 bits per heavy atom. The first-order valence-electron chi connectivity index (χ1n) is 10.9. The molecule has 32 heavy (non-hydrogen) atoms. The number of carbonyl (C=O) groups excluding carboxylic acids is 4. The summed E-state index contributed by atoms with van der Waals surface area (Å²) in [5, 5.41) is 8.43. The third-order valence-electron chi connectivity index (χ3n) is 2.57. The molecule has 0 bridgehead atoms. The monoisotopic (exact) mass is 468 g/mol. The summed E-state index contributed by atoms with van der Waals surface area (Å²) in [6, 6.07) is 0. The standard InChI is InChI=1S/C6H12O2.C5H10O2.C4H10O2.C4H8O2.C4H8O/c1-3-4-5-8-6(2)7;1-3-4-7-5(2)6;1-4(5)3-6-2;1-3-6-4(2)5;1-3-4(2)5/h3-5H2,1-2H3;3-4H2,1-2H3;4-5H,3H2,1-2H3;3H2,1-2H3;3H2,1-2H3. The molecule has 0 radical (unpaired) electrons. The first-order valence-corrected chi connectivity index (χ1v) is 10.9. The third kappa shape index (κ3) is 90.7. The molecule has 194 valence electrons. The summed E-state index contributed by atoms with van der Waals surface area (Å²) >= 11 is 0. The van der Waals surface area contributed by atoms with E-state index in [0.29, 0.717) is 32.8 Å². The van der Waals surface area contributed by atoms with Crippen LogP contribution in [0.5, 0.6) is 0 Å². The molecule has 0 amide bonds. The van der Waals surface area contributed by atoms with Crippen LogP contribution in [0, 0.1) is 0 Å². The molecule has 9 heteroatoms. The number of hydrogen-bond acceptors (Lipinski definition) is 9. The molecule has 0 rings (SSSR count). The van der Waals surface area contributed by atoms with Crippen molar-refractivity contribution in [3.63, 3.8) is 0 Å². The van der Waals surface area contributed by atoms with Crippen molar-refractivity contribution in [2.45, 2.75) is 94.1 Å². The maximum atomic E-state index is 10.1. The van der Waals surface area contributed by atoms with Gasteiger partial charge < -0.3 is 28.8 Å². The summed E-state index contributed by atoms with van der Waals surface area (Å²) < 4.78 is 18.2. The minimum Gasteiger partial charge on any atom is -0.466 e. The predicted octanol–water partition coefficient (Wildman–Crippen LogP) is 3.88. The van der Waals surface area contributed by atoms with Crippen molar-refractivity contribution in [2.24, 2.45) is 0 Å². The molecule has 1 atom stereocenters. The summed E-state index contributed by atoms with van der Waals surface area (Å²) in [5.74, 6) is -0.331. The molecular weight excluding hydrogens is 420 g/mol. The van der Waals surface area contributed by atoms with E-state index in [1.807, 2.05) is 13.8 Å². The fourth-order valence-electron chi connectivity index (χ4n) is 1.05. The van der Waals surface area contributed by atoms with E-state index in [1.54, 1.807) is 27.9 Å². The zero-order valence-corrected chi connectivity index (χ0v) is 21.9. The van der Waals surface area contributed by atoms with Gasteiger partial charge in [0.1, 0.15) is 5.78 Å². The van der Waals surface area contributed by atoms with Crippen molar-refractivity contribution >= 4 is 23.7 Å². The maximum Gasteiger partial charge on any atom is 0.302 e. The minimum absolute atomic E-state index is 0.182. The normalized spacial score (nSPS) is 9.34. The number of aliphatic hydroxyl groups excluding tert-OH is 1. The van der Waals surface area contributed by atoms with Gasteiger partial charge in [-0.05, 0) is 33.6 Å². The first-order chi connectivity index (χ1) is 14.9. The summed E-state index contributed by atoms with van der Waals surface area (Å²) in [5.41, 5.74) is 0.